The van der Waals surface area contributed by atoms with Crippen LogP contribution in [0.1, 0.15) is 44.4 Å². The Morgan fingerprint density at radius 1 is 1.30 bits per heavy atom. The number of nitrogens with zero attached hydrogens (tertiary/aromatic N) is 1. The largest absolute Gasteiger partial charge is 0.440 e. The van der Waals surface area contributed by atoms with E-state index in [0.717, 1.165) is 17.0 Å². The van der Waals surface area contributed by atoms with Gasteiger partial charge in [-0.2, -0.15) is 11.8 Å². The van der Waals surface area contributed by atoms with Gasteiger partial charge >= 0.3 is 0 Å². The van der Waals surface area contributed by atoms with Gasteiger partial charge in [0.05, 0.1) is 0 Å². The molecule has 0 bridgehead atoms. The zero-order valence-corrected chi connectivity index (χ0v) is 12.6. The number of rotatable bonds is 3. The molecule has 20 heavy (non-hydrogen) atoms. The van der Waals surface area contributed by atoms with Gasteiger partial charge in [0.25, 0.3) is 0 Å². The lowest BCUT2D eigenvalue weighted by Crippen LogP contribution is -2.32. The number of oxazole rings is 1. The molecular formula is C16H20N2OS. The van der Waals surface area contributed by atoms with E-state index in [1.807, 2.05) is 0 Å². The first kappa shape index (κ1) is 12.6. The molecule has 0 spiro atoms. The minimum atomic E-state index is 0.570. The van der Waals surface area contributed by atoms with Gasteiger partial charge in [0.15, 0.2) is 11.5 Å². The zero-order chi connectivity index (χ0) is 13.5. The molecule has 1 aromatic carbocycles. The SMILES string of the molecule is CC1SCCCC1Nc1ccc2oc(C3CC3)nc2c1. The second-order valence-corrected chi connectivity index (χ2v) is 7.46. The van der Waals surface area contributed by atoms with Crippen LogP contribution in [0.5, 0.6) is 0 Å². The third kappa shape index (κ3) is 2.41. The number of thioether (sulfide) groups is 1. The first-order valence-electron chi connectivity index (χ1n) is 7.58. The summed E-state index contributed by atoms with van der Waals surface area (Å²) < 4.78 is 5.82. The Labute approximate surface area is 123 Å². The Balaban J connectivity index is 1.56. The minimum absolute atomic E-state index is 0.570. The molecule has 0 amide bonds. The van der Waals surface area contributed by atoms with Gasteiger partial charge in [-0.1, -0.05) is 6.92 Å². The molecular weight excluding hydrogens is 268 g/mol. The fourth-order valence-electron chi connectivity index (χ4n) is 2.87. The number of hydrogen-bond donors (Lipinski definition) is 1. The van der Waals surface area contributed by atoms with Crippen LogP contribution in [0.3, 0.4) is 0 Å². The van der Waals surface area contributed by atoms with E-state index in [-0.39, 0.29) is 0 Å². The van der Waals surface area contributed by atoms with Crippen LogP contribution in [0, 0.1) is 0 Å². The lowest BCUT2D eigenvalue weighted by Gasteiger charge is -2.29. The number of nitrogens with one attached hydrogen (secondary N) is 1. The van der Waals surface area contributed by atoms with E-state index in [2.05, 4.69) is 47.2 Å². The van der Waals surface area contributed by atoms with Crippen LogP contribution in [-0.2, 0) is 0 Å². The van der Waals surface area contributed by atoms with E-state index in [4.69, 9.17) is 4.42 Å². The molecule has 1 aliphatic heterocycles. The van der Waals surface area contributed by atoms with E-state index >= 15 is 0 Å². The molecule has 0 radical (unpaired) electrons. The Morgan fingerprint density at radius 3 is 3.00 bits per heavy atom. The van der Waals surface area contributed by atoms with E-state index in [0.29, 0.717) is 17.2 Å². The molecule has 2 heterocycles. The second kappa shape index (κ2) is 4.99. The van der Waals surface area contributed by atoms with Gasteiger partial charge in [-0.05, 0) is 49.6 Å². The summed E-state index contributed by atoms with van der Waals surface area (Å²) in [5, 5.41) is 4.35. The van der Waals surface area contributed by atoms with Crippen molar-refractivity contribution in [1.82, 2.24) is 4.98 Å². The second-order valence-electron chi connectivity index (χ2n) is 5.98. The first-order chi connectivity index (χ1) is 9.79. The average Bonchev–Trinajstić information content (AvgIpc) is 3.21. The number of anilines is 1. The van der Waals surface area contributed by atoms with Gasteiger partial charge in [0, 0.05) is 22.9 Å². The van der Waals surface area contributed by atoms with Crippen LogP contribution >= 0.6 is 11.8 Å². The predicted octanol–water partition coefficient (Wildman–Crippen LogP) is 4.40. The maximum absolute atomic E-state index is 5.82. The van der Waals surface area contributed by atoms with Crippen LogP contribution < -0.4 is 5.32 Å². The van der Waals surface area contributed by atoms with Crippen LogP contribution in [0.2, 0.25) is 0 Å². The lowest BCUT2D eigenvalue weighted by atomic mass is 10.1. The number of aromatic nitrogens is 1. The summed E-state index contributed by atoms with van der Waals surface area (Å²) in [6.45, 7) is 2.32. The highest BCUT2D eigenvalue weighted by atomic mass is 32.2. The van der Waals surface area contributed by atoms with Gasteiger partial charge in [0.1, 0.15) is 5.52 Å². The summed E-state index contributed by atoms with van der Waals surface area (Å²) in [6, 6.07) is 6.88. The van der Waals surface area contributed by atoms with Gasteiger partial charge < -0.3 is 9.73 Å². The third-order valence-corrected chi connectivity index (χ3v) is 5.67. The molecule has 1 N–H and O–H groups in total. The maximum Gasteiger partial charge on any atom is 0.198 e. The van der Waals surface area contributed by atoms with Gasteiger partial charge in [-0.15, -0.1) is 0 Å². The summed E-state index contributed by atoms with van der Waals surface area (Å²) in [7, 11) is 0. The highest BCUT2D eigenvalue weighted by Gasteiger charge is 2.29. The van der Waals surface area contributed by atoms with Crippen molar-refractivity contribution in [2.45, 2.75) is 49.8 Å². The van der Waals surface area contributed by atoms with Crippen LogP contribution in [0.15, 0.2) is 22.6 Å². The molecule has 2 atom stereocenters. The lowest BCUT2D eigenvalue weighted by molar-refractivity contribution is 0.533. The van der Waals surface area contributed by atoms with Gasteiger partial charge in [-0.25, -0.2) is 4.98 Å². The molecule has 2 aliphatic rings. The monoisotopic (exact) mass is 288 g/mol. The molecule has 1 aromatic heterocycles. The van der Waals surface area contributed by atoms with Crippen molar-refractivity contribution in [3.63, 3.8) is 0 Å². The quantitative estimate of drug-likeness (QED) is 0.908. The first-order valence-corrected chi connectivity index (χ1v) is 8.63. The molecule has 1 aliphatic carbocycles. The predicted molar refractivity (Wildman–Crippen MR) is 84.5 cm³/mol. The van der Waals surface area contributed by atoms with Crippen molar-refractivity contribution in [2.24, 2.45) is 0 Å². The van der Waals surface area contributed by atoms with E-state index in [9.17, 15) is 0 Å². The Hall–Kier alpha value is -1.16. The van der Waals surface area contributed by atoms with Crippen molar-refractivity contribution < 1.29 is 4.42 Å². The van der Waals surface area contributed by atoms with E-state index in [1.54, 1.807) is 0 Å². The number of fused-ring (bicyclic) bond motifs is 1. The van der Waals surface area contributed by atoms with Crippen LogP contribution in [0.25, 0.3) is 11.1 Å². The summed E-state index contributed by atoms with van der Waals surface area (Å²) in [5.74, 6) is 2.80. The van der Waals surface area contributed by atoms with E-state index < -0.39 is 0 Å². The molecule has 1 saturated heterocycles. The summed E-state index contributed by atoms with van der Waals surface area (Å²) in [5.41, 5.74) is 3.09. The topological polar surface area (TPSA) is 38.1 Å². The highest BCUT2D eigenvalue weighted by Crippen LogP contribution is 2.40. The smallest absolute Gasteiger partial charge is 0.198 e. The van der Waals surface area contributed by atoms with Gasteiger partial charge in [0.2, 0.25) is 0 Å². The molecule has 2 aromatic rings. The van der Waals surface area contributed by atoms with Crippen molar-refractivity contribution >= 4 is 28.5 Å². The highest BCUT2D eigenvalue weighted by molar-refractivity contribution is 8.00. The Kier molecular flexibility index (Phi) is 3.14. The van der Waals surface area contributed by atoms with Crippen molar-refractivity contribution in [3.8, 4) is 0 Å². The van der Waals surface area contributed by atoms with E-state index in [1.165, 1.54) is 37.1 Å². The van der Waals surface area contributed by atoms with Crippen molar-refractivity contribution in [1.29, 1.82) is 0 Å². The normalized spacial score (nSPS) is 26.9. The maximum atomic E-state index is 5.82. The molecule has 106 valence electrons. The Bertz CT molecular complexity index is 620. The third-order valence-electron chi connectivity index (χ3n) is 4.29. The van der Waals surface area contributed by atoms with Crippen LogP contribution in [0.4, 0.5) is 5.69 Å². The fourth-order valence-corrected chi connectivity index (χ4v) is 4.01. The standard InChI is InChI=1S/C16H20N2OS/c1-10-13(3-2-8-20-10)17-12-6-7-15-14(9-12)18-16(19-15)11-4-5-11/h6-7,9-11,13,17H,2-5,8H2,1H3. The van der Waals surface area contributed by atoms with Gasteiger partial charge in [-0.3, -0.25) is 0 Å². The summed E-state index contributed by atoms with van der Waals surface area (Å²) in [6.07, 6.45) is 5.03. The summed E-state index contributed by atoms with van der Waals surface area (Å²) >= 11 is 2.07. The zero-order valence-electron chi connectivity index (χ0n) is 11.8. The summed E-state index contributed by atoms with van der Waals surface area (Å²) in [4.78, 5) is 4.64. The molecule has 4 heteroatoms. The van der Waals surface area contributed by atoms with Crippen molar-refractivity contribution in [3.05, 3.63) is 24.1 Å². The molecule has 4 rings (SSSR count). The molecule has 2 fully saturated rings. The molecule has 2 unspecified atom stereocenters. The van der Waals surface area contributed by atoms with Crippen LogP contribution in [-0.4, -0.2) is 22.0 Å². The average molecular weight is 288 g/mol. The molecule has 3 nitrogen and oxygen atoms in total. The Morgan fingerprint density at radius 2 is 2.20 bits per heavy atom. The molecule has 1 saturated carbocycles. The number of benzene rings is 1. The number of hydrogen-bond acceptors (Lipinski definition) is 4. The van der Waals surface area contributed by atoms with Crippen molar-refractivity contribution in [2.75, 3.05) is 11.1 Å². The minimum Gasteiger partial charge on any atom is -0.440 e. The fraction of sp³-hybridized carbons (Fsp3) is 0.562.